The van der Waals surface area contributed by atoms with E-state index >= 15 is 0 Å². The van der Waals surface area contributed by atoms with Gasteiger partial charge in [-0.05, 0) is 13.8 Å². The van der Waals surface area contributed by atoms with Crippen LogP contribution in [0.5, 0.6) is 0 Å². The van der Waals surface area contributed by atoms with Crippen LogP contribution in [0.4, 0.5) is 0 Å². The Hall–Kier alpha value is -0.310. The number of thioether (sulfide) groups is 1. The summed E-state index contributed by atoms with van der Waals surface area (Å²) in [7, 11) is 0. The molecule has 0 saturated carbocycles. The maximum Gasteiger partial charge on any atom is 0.101 e. The first kappa shape index (κ1) is 6.81. The predicted molar refractivity (Wildman–Crippen MR) is 42.8 cm³/mol. The van der Waals surface area contributed by atoms with Gasteiger partial charge in [0.1, 0.15) is 4.87 Å². The van der Waals surface area contributed by atoms with Crippen LogP contribution in [0.3, 0.4) is 0 Å². The molecular weight excluding hydrogens is 132 g/mol. The Bertz CT molecular complexity index is 160. The minimum atomic E-state index is 0.0207. The summed E-state index contributed by atoms with van der Waals surface area (Å²) >= 11 is 1.78. The Morgan fingerprint density at radius 2 is 2.44 bits per heavy atom. The first-order valence-electron chi connectivity index (χ1n) is 2.87. The molecule has 1 aliphatic heterocycles. The fourth-order valence-corrected chi connectivity index (χ4v) is 1.57. The molecule has 1 aliphatic rings. The van der Waals surface area contributed by atoms with Gasteiger partial charge in [0, 0.05) is 12.0 Å². The van der Waals surface area contributed by atoms with Gasteiger partial charge >= 0.3 is 0 Å². The zero-order valence-corrected chi connectivity index (χ0v) is 6.46. The third kappa shape index (κ3) is 1.55. The molecule has 0 aromatic heterocycles. The van der Waals surface area contributed by atoms with Crippen molar-refractivity contribution >= 4 is 23.7 Å². The summed E-state index contributed by atoms with van der Waals surface area (Å²) in [5.74, 6) is 0.899. The molecule has 3 heteroatoms. The van der Waals surface area contributed by atoms with Crippen molar-refractivity contribution in [2.24, 2.45) is 4.99 Å². The van der Waals surface area contributed by atoms with Crippen LogP contribution in [0.25, 0.3) is 0 Å². The highest BCUT2D eigenvalue weighted by atomic mass is 32.2. The molecule has 0 saturated heterocycles. The fourth-order valence-electron chi connectivity index (χ4n) is 0.735. The van der Waals surface area contributed by atoms with E-state index in [4.69, 9.17) is 5.41 Å². The van der Waals surface area contributed by atoms with Gasteiger partial charge in [0.2, 0.25) is 0 Å². The third-order valence-corrected chi connectivity index (χ3v) is 2.39. The monoisotopic (exact) mass is 142 g/mol. The van der Waals surface area contributed by atoms with Gasteiger partial charge in [-0.2, -0.15) is 0 Å². The van der Waals surface area contributed by atoms with Crippen molar-refractivity contribution in [3.8, 4) is 0 Å². The molecule has 0 fully saturated rings. The second kappa shape index (κ2) is 2.14. The standard InChI is InChI=1S/C6H10N2S/c1-6(2)8-5(3-7)4-9-6/h3,7H,4H2,1-2H3. The second-order valence-corrected chi connectivity index (χ2v) is 4.06. The molecule has 0 amide bonds. The molecule has 0 bridgehead atoms. The number of nitrogens with zero attached hydrogens (tertiary/aromatic N) is 1. The highest BCUT2D eigenvalue weighted by Gasteiger charge is 2.23. The summed E-state index contributed by atoms with van der Waals surface area (Å²) in [4.78, 5) is 4.30. The maximum absolute atomic E-state index is 6.91. The van der Waals surface area contributed by atoms with Gasteiger partial charge in [-0.3, -0.25) is 4.99 Å². The molecule has 0 aliphatic carbocycles. The average Bonchev–Trinajstić information content (AvgIpc) is 2.10. The Kier molecular flexibility index (Phi) is 1.62. The van der Waals surface area contributed by atoms with Crippen molar-refractivity contribution in [1.82, 2.24) is 0 Å². The van der Waals surface area contributed by atoms with Crippen molar-refractivity contribution in [3.05, 3.63) is 0 Å². The molecule has 1 N–H and O–H groups in total. The van der Waals surface area contributed by atoms with E-state index in [1.807, 2.05) is 0 Å². The lowest BCUT2D eigenvalue weighted by Crippen LogP contribution is -2.05. The second-order valence-electron chi connectivity index (χ2n) is 2.48. The molecule has 0 spiro atoms. The van der Waals surface area contributed by atoms with Crippen molar-refractivity contribution < 1.29 is 0 Å². The van der Waals surface area contributed by atoms with E-state index in [9.17, 15) is 0 Å². The zero-order chi connectivity index (χ0) is 6.91. The van der Waals surface area contributed by atoms with Crippen LogP contribution >= 0.6 is 11.8 Å². The fraction of sp³-hybridized carbons (Fsp3) is 0.667. The van der Waals surface area contributed by atoms with Gasteiger partial charge < -0.3 is 5.41 Å². The lowest BCUT2D eigenvalue weighted by atomic mass is 10.4. The quantitative estimate of drug-likeness (QED) is 0.554. The van der Waals surface area contributed by atoms with E-state index in [1.165, 1.54) is 6.21 Å². The van der Waals surface area contributed by atoms with E-state index in [-0.39, 0.29) is 4.87 Å². The first-order chi connectivity index (χ1) is 4.14. The summed E-state index contributed by atoms with van der Waals surface area (Å²) in [6.45, 7) is 4.13. The molecular formula is C6H10N2S. The van der Waals surface area contributed by atoms with E-state index in [2.05, 4.69) is 18.8 Å². The number of rotatable bonds is 1. The predicted octanol–water partition coefficient (Wildman–Crippen LogP) is 1.56. The number of hydrogen-bond donors (Lipinski definition) is 1. The highest BCUT2D eigenvalue weighted by Crippen LogP contribution is 2.30. The van der Waals surface area contributed by atoms with Crippen molar-refractivity contribution in [2.75, 3.05) is 5.75 Å². The normalized spacial score (nSPS) is 23.6. The zero-order valence-electron chi connectivity index (χ0n) is 5.64. The first-order valence-corrected chi connectivity index (χ1v) is 3.86. The SMILES string of the molecule is CC1(C)N=C(C=N)CS1. The molecule has 0 aromatic rings. The van der Waals surface area contributed by atoms with Crippen molar-refractivity contribution in [1.29, 1.82) is 5.41 Å². The van der Waals surface area contributed by atoms with Gasteiger partial charge in [-0.15, -0.1) is 11.8 Å². The minimum absolute atomic E-state index is 0.0207. The molecule has 0 unspecified atom stereocenters. The van der Waals surface area contributed by atoms with E-state index < -0.39 is 0 Å². The summed E-state index contributed by atoms with van der Waals surface area (Å²) in [6, 6.07) is 0. The number of aliphatic imine (C=N–C) groups is 1. The van der Waals surface area contributed by atoms with Crippen LogP contribution in [0, 0.1) is 5.41 Å². The van der Waals surface area contributed by atoms with E-state index in [0.29, 0.717) is 0 Å². The third-order valence-electron chi connectivity index (χ3n) is 1.15. The topological polar surface area (TPSA) is 36.2 Å². The van der Waals surface area contributed by atoms with Crippen LogP contribution < -0.4 is 0 Å². The van der Waals surface area contributed by atoms with Crippen LogP contribution in [0.1, 0.15) is 13.8 Å². The number of hydrogen-bond acceptors (Lipinski definition) is 3. The van der Waals surface area contributed by atoms with Crippen LogP contribution in [-0.4, -0.2) is 22.6 Å². The largest absolute Gasteiger partial charge is 0.307 e. The maximum atomic E-state index is 6.91. The molecule has 1 rings (SSSR count). The van der Waals surface area contributed by atoms with Crippen LogP contribution in [0.15, 0.2) is 4.99 Å². The van der Waals surface area contributed by atoms with Crippen LogP contribution in [-0.2, 0) is 0 Å². The van der Waals surface area contributed by atoms with Gasteiger partial charge in [-0.1, -0.05) is 0 Å². The highest BCUT2D eigenvalue weighted by molar-refractivity contribution is 8.01. The lowest BCUT2D eigenvalue weighted by molar-refractivity contribution is 0.775. The van der Waals surface area contributed by atoms with Gasteiger partial charge in [0.15, 0.2) is 0 Å². The van der Waals surface area contributed by atoms with E-state index in [0.717, 1.165) is 11.5 Å². The Morgan fingerprint density at radius 1 is 1.78 bits per heavy atom. The van der Waals surface area contributed by atoms with Gasteiger partial charge in [-0.25, -0.2) is 0 Å². The molecule has 1 heterocycles. The van der Waals surface area contributed by atoms with Gasteiger partial charge in [0.05, 0.1) is 5.71 Å². The Balaban J connectivity index is 2.71. The molecule has 9 heavy (non-hydrogen) atoms. The summed E-state index contributed by atoms with van der Waals surface area (Å²) in [6.07, 6.45) is 1.34. The summed E-state index contributed by atoms with van der Waals surface area (Å²) in [5, 5.41) is 6.91. The molecule has 0 atom stereocenters. The minimum Gasteiger partial charge on any atom is -0.307 e. The van der Waals surface area contributed by atoms with Crippen molar-refractivity contribution in [3.63, 3.8) is 0 Å². The number of nitrogens with one attached hydrogen (secondary N) is 1. The Morgan fingerprint density at radius 3 is 2.67 bits per heavy atom. The summed E-state index contributed by atoms with van der Waals surface area (Å²) in [5.41, 5.74) is 0.907. The molecule has 50 valence electrons. The van der Waals surface area contributed by atoms with Crippen LogP contribution in [0.2, 0.25) is 0 Å². The molecule has 2 nitrogen and oxygen atoms in total. The Labute approximate surface area is 59.3 Å². The average molecular weight is 142 g/mol. The summed E-state index contributed by atoms with van der Waals surface area (Å²) < 4.78 is 0. The lowest BCUT2D eigenvalue weighted by Gasteiger charge is -2.09. The van der Waals surface area contributed by atoms with Gasteiger partial charge in [0.25, 0.3) is 0 Å². The molecule has 0 radical (unpaired) electrons. The van der Waals surface area contributed by atoms with E-state index in [1.54, 1.807) is 11.8 Å². The van der Waals surface area contributed by atoms with Crippen molar-refractivity contribution in [2.45, 2.75) is 18.7 Å². The molecule has 0 aromatic carbocycles. The smallest absolute Gasteiger partial charge is 0.101 e.